The molecule has 2 fully saturated rings. The van der Waals surface area contributed by atoms with Crippen molar-refractivity contribution in [3.63, 3.8) is 0 Å². The van der Waals surface area contributed by atoms with Gasteiger partial charge in [0.25, 0.3) is 0 Å². The summed E-state index contributed by atoms with van der Waals surface area (Å²) in [6, 6.07) is 4.40. The zero-order valence-corrected chi connectivity index (χ0v) is 17.7. The number of anilines is 1. The number of hydrogen-bond donors (Lipinski definition) is 5. The van der Waals surface area contributed by atoms with E-state index in [4.69, 9.17) is 10.1 Å². The number of pyridine rings is 2. The number of fused-ring (bicyclic) bond motifs is 1. The van der Waals surface area contributed by atoms with Gasteiger partial charge in [0.15, 0.2) is 5.82 Å². The third-order valence-corrected chi connectivity index (χ3v) is 6.00. The van der Waals surface area contributed by atoms with Crippen molar-refractivity contribution >= 4 is 28.6 Å². The van der Waals surface area contributed by atoms with Crippen LogP contribution in [-0.4, -0.2) is 74.2 Å². The van der Waals surface area contributed by atoms with Crippen LogP contribution in [0.1, 0.15) is 12.8 Å². The molecule has 11 nitrogen and oxygen atoms in total. The maximum absolute atomic E-state index is 12.7. The molecule has 170 valence electrons. The van der Waals surface area contributed by atoms with Gasteiger partial charge in [0, 0.05) is 54.7 Å². The summed E-state index contributed by atoms with van der Waals surface area (Å²) in [5.74, 6) is 0.244. The van der Waals surface area contributed by atoms with E-state index in [0.29, 0.717) is 37.6 Å². The van der Waals surface area contributed by atoms with E-state index < -0.39 is 12.0 Å². The maximum atomic E-state index is 12.7. The van der Waals surface area contributed by atoms with Gasteiger partial charge in [-0.2, -0.15) is 0 Å². The van der Waals surface area contributed by atoms with Crippen LogP contribution < -0.4 is 21.3 Å². The zero-order chi connectivity index (χ0) is 22.8. The molecule has 4 atom stereocenters. The topological polar surface area (TPSA) is 154 Å². The Morgan fingerprint density at radius 3 is 2.45 bits per heavy atom. The zero-order valence-electron chi connectivity index (χ0n) is 17.7. The Balaban J connectivity index is 1.28. The molecular formula is C22H24N8O3. The standard InChI is InChI=1S/C22H24N8O3/c31-21(28-14-8-17(22(32)33)26-10-14)16-7-13(9-25-16)27-20-15-3-6-24-11-18(15)29-19(30-20)12-1-4-23-5-2-12/h1-6,11,13-14,16-17,25-26H,7-10H2,(H,28,31)(H,32,33)(H,27,29,30)/t13-,14-,16-,17-/m0/s1. The van der Waals surface area contributed by atoms with Crippen LogP contribution in [0.25, 0.3) is 22.3 Å². The minimum Gasteiger partial charge on any atom is -0.480 e. The highest BCUT2D eigenvalue weighted by Crippen LogP contribution is 2.25. The van der Waals surface area contributed by atoms with Gasteiger partial charge in [-0.05, 0) is 31.0 Å². The molecular weight excluding hydrogens is 424 g/mol. The van der Waals surface area contributed by atoms with Crippen molar-refractivity contribution in [2.24, 2.45) is 0 Å². The van der Waals surface area contributed by atoms with Crippen molar-refractivity contribution in [2.75, 3.05) is 18.4 Å². The number of carboxylic acids is 1. The average molecular weight is 448 g/mol. The van der Waals surface area contributed by atoms with Crippen molar-refractivity contribution in [1.82, 2.24) is 35.9 Å². The molecule has 0 bridgehead atoms. The summed E-state index contributed by atoms with van der Waals surface area (Å²) in [5, 5.41) is 22.5. The number of carbonyl (C=O) groups excluding carboxylic acids is 1. The fourth-order valence-corrected chi connectivity index (χ4v) is 4.30. The summed E-state index contributed by atoms with van der Waals surface area (Å²) < 4.78 is 0. The molecule has 2 aliphatic heterocycles. The highest BCUT2D eigenvalue weighted by atomic mass is 16.4. The number of rotatable bonds is 6. The number of carbonyl (C=O) groups is 2. The molecule has 2 saturated heterocycles. The molecule has 0 aliphatic carbocycles. The normalized spacial score (nSPS) is 24.6. The quantitative estimate of drug-likeness (QED) is 0.352. The first-order valence-corrected chi connectivity index (χ1v) is 10.9. The molecule has 3 aromatic rings. The van der Waals surface area contributed by atoms with Crippen LogP contribution in [0.15, 0.2) is 43.0 Å². The predicted octanol–water partition coefficient (Wildman–Crippen LogP) is 0.161. The Morgan fingerprint density at radius 1 is 0.939 bits per heavy atom. The summed E-state index contributed by atoms with van der Waals surface area (Å²) in [6.45, 7) is 1.05. The third-order valence-electron chi connectivity index (χ3n) is 6.00. The van der Waals surface area contributed by atoms with Crippen molar-refractivity contribution in [2.45, 2.75) is 37.0 Å². The summed E-state index contributed by atoms with van der Waals surface area (Å²) in [6.07, 6.45) is 7.76. The van der Waals surface area contributed by atoms with Crippen molar-refractivity contribution in [1.29, 1.82) is 0 Å². The second kappa shape index (κ2) is 9.04. The van der Waals surface area contributed by atoms with Gasteiger partial charge in [-0.1, -0.05) is 0 Å². The first-order chi connectivity index (χ1) is 16.1. The van der Waals surface area contributed by atoms with E-state index in [1.807, 2.05) is 18.2 Å². The van der Waals surface area contributed by atoms with Gasteiger partial charge in [0.1, 0.15) is 11.9 Å². The highest BCUT2D eigenvalue weighted by molar-refractivity contribution is 5.90. The van der Waals surface area contributed by atoms with Gasteiger partial charge in [-0.25, -0.2) is 9.97 Å². The second-order valence-corrected chi connectivity index (χ2v) is 8.30. The average Bonchev–Trinajstić information content (AvgIpc) is 3.49. The first-order valence-electron chi connectivity index (χ1n) is 10.9. The van der Waals surface area contributed by atoms with Crippen molar-refractivity contribution in [3.05, 3.63) is 43.0 Å². The van der Waals surface area contributed by atoms with E-state index >= 15 is 0 Å². The van der Waals surface area contributed by atoms with Crippen LogP contribution in [0.2, 0.25) is 0 Å². The van der Waals surface area contributed by atoms with Gasteiger partial charge in [0.2, 0.25) is 5.91 Å². The Labute approximate surface area is 189 Å². The van der Waals surface area contributed by atoms with Gasteiger partial charge >= 0.3 is 5.97 Å². The number of nitrogens with zero attached hydrogens (tertiary/aromatic N) is 4. The number of nitrogens with one attached hydrogen (secondary N) is 4. The van der Waals surface area contributed by atoms with E-state index in [-0.39, 0.29) is 24.0 Å². The predicted molar refractivity (Wildman–Crippen MR) is 120 cm³/mol. The minimum absolute atomic E-state index is 0.00854. The molecule has 2 aliphatic rings. The van der Waals surface area contributed by atoms with Crippen LogP contribution in [0.5, 0.6) is 0 Å². The van der Waals surface area contributed by atoms with Gasteiger partial charge in [-0.3, -0.25) is 19.6 Å². The third kappa shape index (κ3) is 4.59. The number of aliphatic carboxylic acids is 1. The summed E-state index contributed by atoms with van der Waals surface area (Å²) >= 11 is 0. The Morgan fingerprint density at radius 2 is 1.67 bits per heavy atom. The van der Waals surface area contributed by atoms with Gasteiger partial charge in [-0.15, -0.1) is 0 Å². The molecule has 0 saturated carbocycles. The molecule has 33 heavy (non-hydrogen) atoms. The summed E-state index contributed by atoms with van der Waals surface area (Å²) in [7, 11) is 0. The lowest BCUT2D eigenvalue weighted by molar-refractivity contribution is -0.139. The van der Waals surface area contributed by atoms with Crippen LogP contribution in [-0.2, 0) is 9.59 Å². The minimum atomic E-state index is -0.895. The Hall–Kier alpha value is -3.70. The molecule has 0 radical (unpaired) electrons. The Bertz CT molecular complexity index is 1170. The molecule has 5 rings (SSSR count). The number of hydrogen-bond acceptors (Lipinski definition) is 9. The molecule has 0 aromatic carbocycles. The smallest absolute Gasteiger partial charge is 0.320 e. The lowest BCUT2D eigenvalue weighted by atomic mass is 10.1. The van der Waals surface area contributed by atoms with E-state index in [1.165, 1.54) is 0 Å². The lowest BCUT2D eigenvalue weighted by Crippen LogP contribution is -2.45. The van der Waals surface area contributed by atoms with Crippen molar-refractivity contribution in [3.8, 4) is 11.4 Å². The van der Waals surface area contributed by atoms with Gasteiger partial charge in [0.05, 0.1) is 17.8 Å². The first kappa shape index (κ1) is 21.2. The maximum Gasteiger partial charge on any atom is 0.320 e. The number of carboxylic acid groups (broad SMARTS) is 1. The summed E-state index contributed by atoms with van der Waals surface area (Å²) in [5.41, 5.74) is 1.58. The molecule has 0 unspecified atom stereocenters. The van der Waals surface area contributed by atoms with Crippen LogP contribution >= 0.6 is 0 Å². The number of amides is 1. The van der Waals surface area contributed by atoms with E-state index in [0.717, 1.165) is 16.5 Å². The fraction of sp³-hybridized carbons (Fsp3) is 0.364. The van der Waals surface area contributed by atoms with Crippen LogP contribution in [0.4, 0.5) is 5.82 Å². The molecule has 3 aromatic heterocycles. The number of aromatic nitrogens is 4. The molecule has 5 heterocycles. The van der Waals surface area contributed by atoms with Crippen molar-refractivity contribution < 1.29 is 14.7 Å². The van der Waals surface area contributed by atoms with E-state index in [9.17, 15) is 9.59 Å². The second-order valence-electron chi connectivity index (χ2n) is 8.30. The molecule has 11 heteroatoms. The highest BCUT2D eigenvalue weighted by Gasteiger charge is 2.34. The van der Waals surface area contributed by atoms with E-state index in [2.05, 4.69) is 36.2 Å². The molecule has 5 N–H and O–H groups in total. The fourth-order valence-electron chi connectivity index (χ4n) is 4.30. The van der Waals surface area contributed by atoms with Crippen LogP contribution in [0.3, 0.4) is 0 Å². The monoisotopic (exact) mass is 448 g/mol. The lowest BCUT2D eigenvalue weighted by Gasteiger charge is -2.17. The molecule has 0 spiro atoms. The largest absolute Gasteiger partial charge is 0.480 e. The Kier molecular flexibility index (Phi) is 5.80. The van der Waals surface area contributed by atoms with E-state index in [1.54, 1.807) is 24.8 Å². The van der Waals surface area contributed by atoms with Gasteiger partial charge < -0.3 is 26.4 Å². The SMILES string of the molecule is O=C(O)[C@@H]1C[C@H](NC(=O)[C@@H]2C[C@H](Nc3nc(-c4ccncc4)nc4cnccc34)CN2)CN1. The molecule has 1 amide bonds. The summed E-state index contributed by atoms with van der Waals surface area (Å²) in [4.78, 5) is 41.4. The van der Waals surface area contributed by atoms with Crippen LogP contribution in [0, 0.1) is 0 Å².